The number of halogens is 1. The standard InChI is InChI=1S/C15H18ClNO4/c1-9(21-11-5-2-4-10(16)8-11)14(18)17-13-7-3-6-12(13)15(19)20/h2,4-5,8-9,12-13H,3,6-7H2,1H3,(H,17,18)(H,19,20)/t9?,12-,13+/m0/s1. The van der Waals surface area contributed by atoms with E-state index in [-0.39, 0.29) is 11.9 Å². The van der Waals surface area contributed by atoms with Crippen LogP contribution >= 0.6 is 11.6 Å². The van der Waals surface area contributed by atoms with E-state index >= 15 is 0 Å². The Hall–Kier alpha value is -1.75. The molecule has 0 aliphatic heterocycles. The van der Waals surface area contributed by atoms with Gasteiger partial charge in [-0.05, 0) is 38.0 Å². The Morgan fingerprint density at radius 2 is 2.19 bits per heavy atom. The number of carbonyl (C=O) groups excluding carboxylic acids is 1. The second-order valence-corrected chi connectivity index (χ2v) is 5.64. The lowest BCUT2D eigenvalue weighted by Crippen LogP contribution is -2.45. The zero-order valence-electron chi connectivity index (χ0n) is 11.7. The zero-order chi connectivity index (χ0) is 15.4. The topological polar surface area (TPSA) is 75.6 Å². The molecule has 1 aromatic carbocycles. The number of benzene rings is 1. The van der Waals surface area contributed by atoms with Crippen molar-refractivity contribution in [3.63, 3.8) is 0 Å². The second kappa shape index (κ2) is 6.80. The molecule has 2 rings (SSSR count). The van der Waals surface area contributed by atoms with E-state index in [1.165, 1.54) is 0 Å². The lowest BCUT2D eigenvalue weighted by molar-refractivity contribution is -0.142. The molecule has 1 fully saturated rings. The maximum Gasteiger partial charge on any atom is 0.308 e. The molecule has 1 saturated carbocycles. The summed E-state index contributed by atoms with van der Waals surface area (Å²) in [5.74, 6) is -1.17. The van der Waals surface area contributed by atoms with Crippen molar-refractivity contribution >= 4 is 23.5 Å². The molecule has 6 heteroatoms. The van der Waals surface area contributed by atoms with Gasteiger partial charge < -0.3 is 15.2 Å². The van der Waals surface area contributed by atoms with Crippen LogP contribution in [0.1, 0.15) is 26.2 Å². The van der Waals surface area contributed by atoms with Gasteiger partial charge in [-0.2, -0.15) is 0 Å². The number of rotatable bonds is 5. The third kappa shape index (κ3) is 4.11. The highest BCUT2D eigenvalue weighted by Crippen LogP contribution is 2.26. The van der Waals surface area contributed by atoms with Gasteiger partial charge in [0, 0.05) is 11.1 Å². The van der Waals surface area contributed by atoms with Gasteiger partial charge >= 0.3 is 5.97 Å². The Bertz CT molecular complexity index is 534. The van der Waals surface area contributed by atoms with Gasteiger partial charge in [-0.3, -0.25) is 9.59 Å². The van der Waals surface area contributed by atoms with E-state index < -0.39 is 18.0 Å². The van der Waals surface area contributed by atoms with Gasteiger partial charge in [0.05, 0.1) is 5.92 Å². The van der Waals surface area contributed by atoms with Crippen LogP contribution < -0.4 is 10.1 Å². The monoisotopic (exact) mass is 311 g/mol. The SMILES string of the molecule is CC(Oc1cccc(Cl)c1)C(=O)N[C@@H]1CCC[C@@H]1C(=O)O. The van der Waals surface area contributed by atoms with Gasteiger partial charge in [-0.15, -0.1) is 0 Å². The summed E-state index contributed by atoms with van der Waals surface area (Å²) in [6, 6.07) is 6.47. The fraction of sp³-hybridized carbons (Fsp3) is 0.467. The summed E-state index contributed by atoms with van der Waals surface area (Å²) in [6.07, 6.45) is 1.39. The molecule has 0 radical (unpaired) electrons. The van der Waals surface area contributed by atoms with Crippen LogP contribution in [0.3, 0.4) is 0 Å². The largest absolute Gasteiger partial charge is 0.481 e. The summed E-state index contributed by atoms with van der Waals surface area (Å²) in [7, 11) is 0. The molecule has 114 valence electrons. The summed E-state index contributed by atoms with van der Waals surface area (Å²) in [6.45, 7) is 1.63. The zero-order valence-corrected chi connectivity index (χ0v) is 12.5. The van der Waals surface area contributed by atoms with E-state index in [0.29, 0.717) is 23.6 Å². The van der Waals surface area contributed by atoms with E-state index in [4.69, 9.17) is 21.4 Å². The van der Waals surface area contributed by atoms with Crippen LogP contribution in [0.25, 0.3) is 0 Å². The number of hydrogen-bond acceptors (Lipinski definition) is 3. The van der Waals surface area contributed by atoms with Crippen LogP contribution in [0.4, 0.5) is 0 Å². The Labute approximate surface area is 128 Å². The highest BCUT2D eigenvalue weighted by atomic mass is 35.5. The smallest absolute Gasteiger partial charge is 0.308 e. The van der Waals surface area contributed by atoms with Crippen molar-refractivity contribution < 1.29 is 19.4 Å². The summed E-state index contributed by atoms with van der Waals surface area (Å²) in [5, 5.41) is 12.4. The van der Waals surface area contributed by atoms with Gasteiger partial charge in [-0.25, -0.2) is 0 Å². The van der Waals surface area contributed by atoms with E-state index in [1.54, 1.807) is 31.2 Å². The van der Waals surface area contributed by atoms with Crippen molar-refractivity contribution in [3.8, 4) is 5.75 Å². The minimum absolute atomic E-state index is 0.312. The van der Waals surface area contributed by atoms with Crippen molar-refractivity contribution in [2.45, 2.75) is 38.3 Å². The molecule has 2 N–H and O–H groups in total. The van der Waals surface area contributed by atoms with Gasteiger partial charge in [-0.1, -0.05) is 24.1 Å². The molecule has 21 heavy (non-hydrogen) atoms. The third-order valence-electron chi connectivity index (χ3n) is 3.64. The molecule has 0 aromatic heterocycles. The molecular formula is C15H18ClNO4. The highest BCUT2D eigenvalue weighted by Gasteiger charge is 2.34. The molecule has 0 saturated heterocycles. The molecular weight excluding hydrogens is 294 g/mol. The van der Waals surface area contributed by atoms with Gasteiger partial charge in [0.15, 0.2) is 6.10 Å². The lowest BCUT2D eigenvalue weighted by atomic mass is 10.0. The van der Waals surface area contributed by atoms with Crippen molar-refractivity contribution in [1.29, 1.82) is 0 Å². The predicted octanol–water partition coefficient (Wildman–Crippen LogP) is 2.48. The first-order valence-electron chi connectivity index (χ1n) is 6.93. The molecule has 1 amide bonds. The number of carbonyl (C=O) groups is 2. The van der Waals surface area contributed by atoms with Gasteiger partial charge in [0.1, 0.15) is 5.75 Å². The summed E-state index contributed by atoms with van der Waals surface area (Å²) >= 11 is 5.85. The Kier molecular flexibility index (Phi) is 5.07. The molecule has 0 heterocycles. The maximum absolute atomic E-state index is 12.1. The quantitative estimate of drug-likeness (QED) is 0.876. The van der Waals surface area contributed by atoms with Crippen molar-refractivity contribution in [2.75, 3.05) is 0 Å². The van der Waals surface area contributed by atoms with E-state index in [9.17, 15) is 9.59 Å². The highest BCUT2D eigenvalue weighted by molar-refractivity contribution is 6.30. The first-order chi connectivity index (χ1) is 9.97. The number of ether oxygens (including phenoxy) is 1. The van der Waals surface area contributed by atoms with E-state index in [0.717, 1.165) is 6.42 Å². The molecule has 1 aliphatic rings. The van der Waals surface area contributed by atoms with Gasteiger partial charge in [0.25, 0.3) is 5.91 Å². The maximum atomic E-state index is 12.1. The average Bonchev–Trinajstić information content (AvgIpc) is 2.87. The minimum Gasteiger partial charge on any atom is -0.481 e. The first-order valence-corrected chi connectivity index (χ1v) is 7.30. The average molecular weight is 312 g/mol. The van der Waals surface area contributed by atoms with E-state index in [1.807, 2.05) is 0 Å². The fourth-order valence-corrected chi connectivity index (χ4v) is 2.71. The van der Waals surface area contributed by atoms with E-state index in [2.05, 4.69) is 5.32 Å². The molecule has 1 unspecified atom stereocenters. The number of nitrogens with one attached hydrogen (secondary N) is 1. The molecule has 0 bridgehead atoms. The third-order valence-corrected chi connectivity index (χ3v) is 3.87. The van der Waals surface area contributed by atoms with Crippen LogP contribution in [0.2, 0.25) is 5.02 Å². The van der Waals surface area contributed by atoms with Crippen molar-refractivity contribution in [3.05, 3.63) is 29.3 Å². The number of aliphatic carboxylic acids is 1. The van der Waals surface area contributed by atoms with Gasteiger partial charge in [0.2, 0.25) is 0 Å². The Balaban J connectivity index is 1.92. The number of carboxylic acids is 1. The van der Waals surface area contributed by atoms with Crippen LogP contribution in [-0.4, -0.2) is 29.1 Å². The van der Waals surface area contributed by atoms with Crippen LogP contribution in [0, 0.1) is 5.92 Å². The summed E-state index contributed by atoms with van der Waals surface area (Å²) in [4.78, 5) is 23.2. The normalized spacial score (nSPS) is 22.6. The summed E-state index contributed by atoms with van der Waals surface area (Å²) in [5.41, 5.74) is 0. The summed E-state index contributed by atoms with van der Waals surface area (Å²) < 4.78 is 5.52. The van der Waals surface area contributed by atoms with Crippen LogP contribution in [0.15, 0.2) is 24.3 Å². The van der Waals surface area contributed by atoms with Crippen molar-refractivity contribution in [2.24, 2.45) is 5.92 Å². The Morgan fingerprint density at radius 3 is 2.86 bits per heavy atom. The molecule has 3 atom stereocenters. The molecule has 1 aliphatic carbocycles. The lowest BCUT2D eigenvalue weighted by Gasteiger charge is -2.21. The minimum atomic E-state index is -0.860. The molecule has 5 nitrogen and oxygen atoms in total. The number of amides is 1. The van der Waals surface area contributed by atoms with Crippen LogP contribution in [-0.2, 0) is 9.59 Å². The number of carboxylic acid groups (broad SMARTS) is 1. The van der Waals surface area contributed by atoms with Crippen LogP contribution in [0.5, 0.6) is 5.75 Å². The number of hydrogen-bond donors (Lipinski definition) is 2. The second-order valence-electron chi connectivity index (χ2n) is 5.21. The molecule has 1 aromatic rings. The molecule has 0 spiro atoms. The Morgan fingerprint density at radius 1 is 1.43 bits per heavy atom. The first kappa shape index (κ1) is 15.6. The fourth-order valence-electron chi connectivity index (χ4n) is 2.53. The van der Waals surface area contributed by atoms with Crippen molar-refractivity contribution in [1.82, 2.24) is 5.32 Å². The predicted molar refractivity (Wildman–Crippen MR) is 78.4 cm³/mol.